The Morgan fingerprint density at radius 2 is 2.18 bits per heavy atom. The molecule has 1 saturated heterocycles. The lowest BCUT2D eigenvalue weighted by molar-refractivity contribution is -0.0752. The van der Waals surface area contributed by atoms with Crippen LogP contribution in [0.1, 0.15) is 20.3 Å². The summed E-state index contributed by atoms with van der Waals surface area (Å²) in [7, 11) is -3.38. The maximum atomic E-state index is 12.3. The van der Waals surface area contributed by atoms with Crippen LogP contribution in [-0.2, 0) is 14.8 Å². The fourth-order valence-electron chi connectivity index (χ4n) is 2.02. The van der Waals surface area contributed by atoms with Gasteiger partial charge in [-0.3, -0.25) is 0 Å². The van der Waals surface area contributed by atoms with Crippen molar-refractivity contribution in [1.82, 2.24) is 4.31 Å². The third-order valence-electron chi connectivity index (χ3n) is 3.00. The first kappa shape index (κ1) is 14.8. The first-order valence-electron chi connectivity index (χ1n) is 5.91. The predicted octanol–water partition coefficient (Wildman–Crippen LogP) is -0.865. The van der Waals surface area contributed by atoms with Gasteiger partial charge in [0.2, 0.25) is 10.0 Å². The summed E-state index contributed by atoms with van der Waals surface area (Å²) in [5.74, 6) is 0. The Morgan fingerprint density at radius 1 is 1.53 bits per heavy atom. The Hall–Kier alpha value is -0.210. The van der Waals surface area contributed by atoms with Crippen LogP contribution in [0, 0.1) is 0 Å². The zero-order chi connectivity index (χ0) is 13.1. The number of sulfonamides is 1. The molecule has 6 nitrogen and oxygen atoms in total. The van der Waals surface area contributed by atoms with E-state index in [-0.39, 0.29) is 25.8 Å². The highest BCUT2D eigenvalue weighted by molar-refractivity contribution is 7.89. The highest BCUT2D eigenvalue weighted by atomic mass is 32.2. The van der Waals surface area contributed by atoms with E-state index in [0.29, 0.717) is 13.0 Å². The van der Waals surface area contributed by atoms with Crippen molar-refractivity contribution in [1.29, 1.82) is 0 Å². The molecule has 1 fully saturated rings. The van der Waals surface area contributed by atoms with Crippen LogP contribution in [0.15, 0.2) is 0 Å². The lowest BCUT2D eigenvalue weighted by Gasteiger charge is -2.36. The van der Waals surface area contributed by atoms with Crippen LogP contribution in [0.3, 0.4) is 0 Å². The molecule has 0 aromatic heterocycles. The van der Waals surface area contributed by atoms with E-state index in [4.69, 9.17) is 15.6 Å². The fraction of sp³-hybridized carbons (Fsp3) is 1.00. The lowest BCUT2D eigenvalue weighted by Crippen LogP contribution is -2.53. The van der Waals surface area contributed by atoms with Gasteiger partial charge in [-0.15, -0.1) is 0 Å². The number of morpholine rings is 1. The Kier molecular flexibility index (Phi) is 5.33. The third-order valence-corrected chi connectivity index (χ3v) is 5.38. The summed E-state index contributed by atoms with van der Waals surface area (Å²) >= 11 is 0. The van der Waals surface area contributed by atoms with Crippen LogP contribution in [0.2, 0.25) is 0 Å². The monoisotopic (exact) mass is 266 g/mol. The molecule has 1 rings (SSSR count). The highest BCUT2D eigenvalue weighted by Gasteiger charge is 2.36. The van der Waals surface area contributed by atoms with Crippen molar-refractivity contribution >= 4 is 10.0 Å². The van der Waals surface area contributed by atoms with Crippen LogP contribution in [-0.4, -0.2) is 61.5 Å². The van der Waals surface area contributed by atoms with E-state index < -0.39 is 21.4 Å². The molecule has 3 N–H and O–H groups in total. The molecule has 0 saturated carbocycles. The van der Waals surface area contributed by atoms with Crippen LogP contribution < -0.4 is 5.73 Å². The Bertz CT molecular complexity index is 329. The number of nitrogens with two attached hydrogens (primary N) is 1. The van der Waals surface area contributed by atoms with Gasteiger partial charge in [-0.1, -0.05) is 6.92 Å². The number of nitrogens with zero attached hydrogens (tertiary/aromatic N) is 1. The van der Waals surface area contributed by atoms with Crippen molar-refractivity contribution in [3.8, 4) is 0 Å². The van der Waals surface area contributed by atoms with Gasteiger partial charge in [-0.2, -0.15) is 4.31 Å². The Morgan fingerprint density at radius 3 is 2.65 bits per heavy atom. The van der Waals surface area contributed by atoms with Gasteiger partial charge in [0.15, 0.2) is 0 Å². The fourth-order valence-corrected chi connectivity index (χ4v) is 3.90. The molecule has 0 radical (unpaired) electrons. The van der Waals surface area contributed by atoms with Crippen molar-refractivity contribution in [2.45, 2.75) is 37.7 Å². The number of aliphatic hydroxyl groups excluding tert-OH is 1. The second-order valence-electron chi connectivity index (χ2n) is 4.38. The minimum atomic E-state index is -3.38. The van der Waals surface area contributed by atoms with E-state index in [0.717, 1.165) is 0 Å². The molecule has 0 amide bonds. The zero-order valence-corrected chi connectivity index (χ0v) is 11.2. The van der Waals surface area contributed by atoms with Crippen LogP contribution in [0.4, 0.5) is 0 Å². The van der Waals surface area contributed by atoms with Gasteiger partial charge in [0.25, 0.3) is 0 Å². The summed E-state index contributed by atoms with van der Waals surface area (Å²) < 4.78 is 31.3. The third kappa shape index (κ3) is 3.38. The topological polar surface area (TPSA) is 92.9 Å². The molecule has 102 valence electrons. The molecule has 0 aliphatic carbocycles. The summed E-state index contributed by atoms with van der Waals surface area (Å²) in [5.41, 5.74) is 5.49. The molecule has 7 heteroatoms. The standard InChI is InChI=1S/C10H22N2O4S/c1-3-10(4-11)17(14,15)12-5-8(2)16-9(6-12)7-13/h8-10,13H,3-7,11H2,1-2H3. The average molecular weight is 266 g/mol. The molecule has 0 aromatic carbocycles. The number of rotatable bonds is 5. The van der Waals surface area contributed by atoms with Gasteiger partial charge in [0.05, 0.1) is 24.1 Å². The molecule has 0 bridgehead atoms. The maximum absolute atomic E-state index is 12.3. The second kappa shape index (κ2) is 6.10. The molecule has 1 heterocycles. The number of hydrogen-bond donors (Lipinski definition) is 2. The number of hydrogen-bond acceptors (Lipinski definition) is 5. The number of ether oxygens (including phenoxy) is 1. The predicted molar refractivity (Wildman–Crippen MR) is 65.0 cm³/mol. The smallest absolute Gasteiger partial charge is 0.218 e. The molecule has 0 aromatic rings. The lowest BCUT2D eigenvalue weighted by atomic mass is 10.2. The normalized spacial score (nSPS) is 29.2. The van der Waals surface area contributed by atoms with Gasteiger partial charge >= 0.3 is 0 Å². The summed E-state index contributed by atoms with van der Waals surface area (Å²) in [6, 6.07) is 0. The van der Waals surface area contributed by atoms with Crippen molar-refractivity contribution in [3.63, 3.8) is 0 Å². The molecule has 3 unspecified atom stereocenters. The Balaban J connectivity index is 2.83. The Labute approximate surface area is 103 Å². The van der Waals surface area contributed by atoms with Crippen molar-refractivity contribution in [2.75, 3.05) is 26.2 Å². The number of aliphatic hydroxyl groups is 1. The first-order chi connectivity index (χ1) is 7.95. The van der Waals surface area contributed by atoms with Gasteiger partial charge < -0.3 is 15.6 Å². The maximum Gasteiger partial charge on any atom is 0.218 e. The van der Waals surface area contributed by atoms with Crippen molar-refractivity contribution in [3.05, 3.63) is 0 Å². The molecule has 0 spiro atoms. The van der Waals surface area contributed by atoms with E-state index in [2.05, 4.69) is 0 Å². The highest BCUT2D eigenvalue weighted by Crippen LogP contribution is 2.18. The summed E-state index contributed by atoms with van der Waals surface area (Å²) in [4.78, 5) is 0. The van der Waals surface area contributed by atoms with Gasteiger partial charge in [0, 0.05) is 19.6 Å². The molecule has 17 heavy (non-hydrogen) atoms. The van der Waals surface area contributed by atoms with E-state index in [1.807, 2.05) is 6.92 Å². The van der Waals surface area contributed by atoms with Crippen LogP contribution in [0.5, 0.6) is 0 Å². The summed E-state index contributed by atoms with van der Waals surface area (Å²) in [6.07, 6.45) is -0.149. The van der Waals surface area contributed by atoms with Gasteiger partial charge in [-0.05, 0) is 13.3 Å². The van der Waals surface area contributed by atoms with Gasteiger partial charge in [0.1, 0.15) is 0 Å². The molecule has 1 aliphatic heterocycles. The van der Waals surface area contributed by atoms with Crippen molar-refractivity contribution < 1.29 is 18.3 Å². The quantitative estimate of drug-likeness (QED) is 0.675. The van der Waals surface area contributed by atoms with Crippen molar-refractivity contribution in [2.24, 2.45) is 5.73 Å². The second-order valence-corrected chi connectivity index (χ2v) is 6.59. The van der Waals surface area contributed by atoms with E-state index in [9.17, 15) is 8.42 Å². The largest absolute Gasteiger partial charge is 0.394 e. The average Bonchev–Trinajstić information content (AvgIpc) is 2.29. The first-order valence-corrected chi connectivity index (χ1v) is 7.41. The zero-order valence-electron chi connectivity index (χ0n) is 10.4. The van der Waals surface area contributed by atoms with Crippen LogP contribution in [0.25, 0.3) is 0 Å². The van der Waals surface area contributed by atoms with E-state index in [1.165, 1.54) is 4.31 Å². The van der Waals surface area contributed by atoms with E-state index >= 15 is 0 Å². The molecule has 1 aliphatic rings. The van der Waals surface area contributed by atoms with E-state index in [1.54, 1.807) is 6.92 Å². The summed E-state index contributed by atoms with van der Waals surface area (Å²) in [6.45, 7) is 4.09. The minimum Gasteiger partial charge on any atom is -0.394 e. The molecular weight excluding hydrogens is 244 g/mol. The summed E-state index contributed by atoms with van der Waals surface area (Å²) in [5, 5.41) is 8.53. The molecular formula is C10H22N2O4S. The SMILES string of the molecule is CCC(CN)S(=O)(=O)N1CC(C)OC(CO)C1. The molecule has 3 atom stereocenters. The van der Waals surface area contributed by atoms with Gasteiger partial charge in [-0.25, -0.2) is 8.42 Å². The minimum absolute atomic E-state index is 0.119. The van der Waals surface area contributed by atoms with Crippen LogP contribution >= 0.6 is 0 Å².